The third kappa shape index (κ3) is 4.59. The number of rotatable bonds is 8. The summed E-state index contributed by atoms with van der Waals surface area (Å²) < 4.78 is 5.52. The molecule has 1 aromatic carbocycles. The van der Waals surface area contributed by atoms with Gasteiger partial charge in [0.1, 0.15) is 5.75 Å². The van der Waals surface area contributed by atoms with Gasteiger partial charge in [-0.05, 0) is 42.2 Å². The molecule has 0 fully saturated rings. The molecule has 1 amide bonds. The number of amides is 1. The molecule has 0 bridgehead atoms. The number of benzene rings is 1. The van der Waals surface area contributed by atoms with E-state index >= 15 is 0 Å². The van der Waals surface area contributed by atoms with Crippen LogP contribution in [0.3, 0.4) is 0 Å². The Labute approximate surface area is 152 Å². The lowest BCUT2D eigenvalue weighted by Crippen LogP contribution is -2.24. The number of carbonyl (C=O) groups excluding carboxylic acids is 1. The van der Waals surface area contributed by atoms with E-state index in [0.717, 1.165) is 36.1 Å². The summed E-state index contributed by atoms with van der Waals surface area (Å²) in [7, 11) is 0. The number of pyridine rings is 1. The van der Waals surface area contributed by atoms with Crippen molar-refractivity contribution < 1.29 is 19.4 Å². The lowest BCUT2D eigenvalue weighted by atomic mass is 10.0. The first-order chi connectivity index (χ1) is 12.6. The van der Waals surface area contributed by atoms with Crippen LogP contribution in [0.1, 0.15) is 41.6 Å². The standard InChI is InChI=1S/C20H22N2O4/c23-19(24)4-2-1-3-8-22-20(25)17-11-16(12-21-13-17)14-5-6-18-15(10-14)7-9-26-18/h5-6,10-13H,1-4,7-9H2,(H,22,25)(H,23,24). The van der Waals surface area contributed by atoms with Crippen molar-refractivity contribution >= 4 is 11.9 Å². The van der Waals surface area contributed by atoms with Crippen LogP contribution < -0.4 is 10.1 Å². The average Bonchev–Trinajstić information content (AvgIpc) is 3.12. The second-order valence-electron chi connectivity index (χ2n) is 6.34. The molecule has 2 aromatic rings. The van der Waals surface area contributed by atoms with Crippen LogP contribution in [0.2, 0.25) is 0 Å². The minimum absolute atomic E-state index is 0.165. The number of aromatic nitrogens is 1. The van der Waals surface area contributed by atoms with Crippen molar-refractivity contribution in [2.45, 2.75) is 32.1 Å². The van der Waals surface area contributed by atoms with E-state index in [1.807, 2.05) is 18.2 Å². The monoisotopic (exact) mass is 354 g/mol. The summed E-state index contributed by atoms with van der Waals surface area (Å²) in [4.78, 5) is 26.9. The zero-order valence-electron chi connectivity index (χ0n) is 14.5. The molecular formula is C20H22N2O4. The molecule has 3 rings (SSSR count). The molecule has 0 saturated heterocycles. The fraction of sp³-hybridized carbons (Fsp3) is 0.350. The largest absolute Gasteiger partial charge is 0.493 e. The molecule has 1 aliphatic heterocycles. The van der Waals surface area contributed by atoms with Gasteiger partial charge in [0.2, 0.25) is 0 Å². The number of hydrogen-bond acceptors (Lipinski definition) is 4. The topological polar surface area (TPSA) is 88.5 Å². The summed E-state index contributed by atoms with van der Waals surface area (Å²) in [6.07, 6.45) is 6.55. The predicted octanol–water partition coefficient (Wildman–Crippen LogP) is 3.06. The van der Waals surface area contributed by atoms with Crippen molar-refractivity contribution in [1.82, 2.24) is 10.3 Å². The Morgan fingerprint density at radius 3 is 2.85 bits per heavy atom. The Bertz CT molecular complexity index is 804. The molecule has 6 heteroatoms. The van der Waals surface area contributed by atoms with Crippen molar-refractivity contribution in [3.05, 3.63) is 47.8 Å². The van der Waals surface area contributed by atoms with E-state index in [2.05, 4.69) is 16.4 Å². The molecule has 1 aromatic heterocycles. The molecule has 2 N–H and O–H groups in total. The lowest BCUT2D eigenvalue weighted by Gasteiger charge is -2.08. The summed E-state index contributed by atoms with van der Waals surface area (Å²) in [5, 5.41) is 11.5. The maximum Gasteiger partial charge on any atom is 0.303 e. The van der Waals surface area contributed by atoms with Gasteiger partial charge in [-0.15, -0.1) is 0 Å². The maximum absolute atomic E-state index is 12.3. The summed E-state index contributed by atoms with van der Waals surface area (Å²) in [6, 6.07) is 7.86. The first-order valence-corrected chi connectivity index (χ1v) is 8.84. The highest BCUT2D eigenvalue weighted by Crippen LogP contribution is 2.30. The Kier molecular flexibility index (Phi) is 5.84. The highest BCUT2D eigenvalue weighted by atomic mass is 16.5. The van der Waals surface area contributed by atoms with E-state index in [-0.39, 0.29) is 12.3 Å². The average molecular weight is 354 g/mol. The fourth-order valence-corrected chi connectivity index (χ4v) is 2.97. The normalized spacial score (nSPS) is 12.3. The van der Waals surface area contributed by atoms with Gasteiger partial charge in [0, 0.05) is 37.3 Å². The molecule has 1 aliphatic rings. The molecule has 26 heavy (non-hydrogen) atoms. The van der Waals surface area contributed by atoms with Gasteiger partial charge in [-0.2, -0.15) is 0 Å². The van der Waals surface area contributed by atoms with E-state index in [1.54, 1.807) is 12.4 Å². The third-order valence-electron chi connectivity index (χ3n) is 4.38. The number of carboxylic acids is 1. The van der Waals surface area contributed by atoms with Gasteiger partial charge < -0.3 is 15.2 Å². The molecule has 0 saturated carbocycles. The molecule has 0 radical (unpaired) electrons. The zero-order chi connectivity index (χ0) is 18.4. The van der Waals surface area contributed by atoms with Crippen LogP contribution in [-0.4, -0.2) is 35.1 Å². The zero-order valence-corrected chi connectivity index (χ0v) is 14.5. The van der Waals surface area contributed by atoms with Crippen LogP contribution in [0.4, 0.5) is 0 Å². The second kappa shape index (κ2) is 8.47. The fourth-order valence-electron chi connectivity index (χ4n) is 2.97. The van der Waals surface area contributed by atoms with Crippen molar-refractivity contribution in [3.63, 3.8) is 0 Å². The number of fused-ring (bicyclic) bond motifs is 1. The lowest BCUT2D eigenvalue weighted by molar-refractivity contribution is -0.137. The number of carboxylic acid groups (broad SMARTS) is 1. The highest BCUT2D eigenvalue weighted by Gasteiger charge is 2.14. The van der Waals surface area contributed by atoms with E-state index in [4.69, 9.17) is 9.84 Å². The number of hydrogen-bond donors (Lipinski definition) is 2. The highest BCUT2D eigenvalue weighted by molar-refractivity contribution is 5.95. The summed E-state index contributed by atoms with van der Waals surface area (Å²) >= 11 is 0. The van der Waals surface area contributed by atoms with Gasteiger partial charge in [-0.1, -0.05) is 12.5 Å². The van der Waals surface area contributed by atoms with Gasteiger partial charge in [-0.25, -0.2) is 0 Å². The van der Waals surface area contributed by atoms with E-state index < -0.39 is 5.97 Å². The van der Waals surface area contributed by atoms with Crippen LogP contribution >= 0.6 is 0 Å². The summed E-state index contributed by atoms with van der Waals surface area (Å²) in [5.41, 5.74) is 3.61. The van der Waals surface area contributed by atoms with Gasteiger partial charge in [-0.3, -0.25) is 14.6 Å². The number of nitrogens with zero attached hydrogens (tertiary/aromatic N) is 1. The first-order valence-electron chi connectivity index (χ1n) is 8.84. The van der Waals surface area contributed by atoms with E-state index in [0.29, 0.717) is 25.1 Å². The molecule has 0 spiro atoms. The van der Waals surface area contributed by atoms with Crippen molar-refractivity contribution in [1.29, 1.82) is 0 Å². The summed E-state index contributed by atoms with van der Waals surface area (Å²) in [5.74, 6) is -0.0179. The van der Waals surface area contributed by atoms with Gasteiger partial charge in [0.05, 0.1) is 12.2 Å². The Balaban J connectivity index is 1.57. The maximum atomic E-state index is 12.3. The minimum atomic E-state index is -0.782. The van der Waals surface area contributed by atoms with Crippen LogP contribution in [0, 0.1) is 0 Å². The smallest absolute Gasteiger partial charge is 0.303 e. The molecule has 0 unspecified atom stereocenters. The van der Waals surface area contributed by atoms with Crippen molar-refractivity contribution in [2.75, 3.05) is 13.2 Å². The Morgan fingerprint density at radius 1 is 1.12 bits per heavy atom. The van der Waals surface area contributed by atoms with E-state index in [1.165, 1.54) is 5.56 Å². The minimum Gasteiger partial charge on any atom is -0.493 e. The van der Waals surface area contributed by atoms with Crippen LogP contribution in [0.25, 0.3) is 11.1 Å². The van der Waals surface area contributed by atoms with Crippen LogP contribution in [0.5, 0.6) is 5.75 Å². The molecule has 0 aliphatic carbocycles. The molecule has 0 atom stereocenters. The molecular weight excluding hydrogens is 332 g/mol. The quantitative estimate of drug-likeness (QED) is 0.711. The second-order valence-corrected chi connectivity index (χ2v) is 6.34. The number of carbonyl (C=O) groups is 2. The number of ether oxygens (including phenoxy) is 1. The van der Waals surface area contributed by atoms with Crippen LogP contribution in [0.15, 0.2) is 36.7 Å². The van der Waals surface area contributed by atoms with Crippen molar-refractivity contribution in [2.24, 2.45) is 0 Å². The van der Waals surface area contributed by atoms with Gasteiger partial charge >= 0.3 is 5.97 Å². The first kappa shape index (κ1) is 17.9. The Morgan fingerprint density at radius 2 is 2.00 bits per heavy atom. The molecule has 2 heterocycles. The predicted molar refractivity (Wildman–Crippen MR) is 97.3 cm³/mol. The SMILES string of the molecule is O=C(O)CCCCCNC(=O)c1cncc(-c2ccc3c(c2)CCO3)c1. The number of nitrogens with one attached hydrogen (secondary N) is 1. The Hall–Kier alpha value is -2.89. The summed E-state index contributed by atoms with van der Waals surface area (Å²) in [6.45, 7) is 1.24. The van der Waals surface area contributed by atoms with Gasteiger partial charge in [0.15, 0.2) is 0 Å². The molecule has 6 nitrogen and oxygen atoms in total. The third-order valence-corrected chi connectivity index (χ3v) is 4.38. The van der Waals surface area contributed by atoms with Gasteiger partial charge in [0.25, 0.3) is 5.91 Å². The van der Waals surface area contributed by atoms with E-state index in [9.17, 15) is 9.59 Å². The van der Waals surface area contributed by atoms with Crippen molar-refractivity contribution in [3.8, 4) is 16.9 Å². The number of unbranched alkanes of at least 4 members (excludes halogenated alkanes) is 2. The van der Waals surface area contributed by atoms with Crippen LogP contribution in [-0.2, 0) is 11.2 Å². The number of aliphatic carboxylic acids is 1. The molecule has 136 valence electrons.